The monoisotopic (exact) mass is 357 g/mol. The van der Waals surface area contributed by atoms with Gasteiger partial charge in [-0.1, -0.05) is 41.9 Å². The highest BCUT2D eigenvalue weighted by Crippen LogP contribution is 2.31. The standard InChI is InChI=1S/C18H19N3O3S/c1-21(12-13-6-5-7-13)25(22,23)15-10-16-17(14-8-3-2-4-9-14)20-24-18(16)19-11-15/h2-4,8-11,13H,5-7,12H2,1H3. The summed E-state index contributed by atoms with van der Waals surface area (Å²) in [6.45, 7) is 0.551. The zero-order valence-electron chi connectivity index (χ0n) is 13.9. The first-order valence-electron chi connectivity index (χ1n) is 8.33. The summed E-state index contributed by atoms with van der Waals surface area (Å²) in [5.74, 6) is 0.465. The van der Waals surface area contributed by atoms with Crippen LogP contribution in [0.5, 0.6) is 0 Å². The summed E-state index contributed by atoms with van der Waals surface area (Å²) >= 11 is 0. The van der Waals surface area contributed by atoms with Crippen LogP contribution in [0.4, 0.5) is 0 Å². The Hall–Kier alpha value is -2.25. The number of pyridine rings is 1. The van der Waals surface area contributed by atoms with Gasteiger partial charge in [-0.3, -0.25) is 0 Å². The maximum Gasteiger partial charge on any atom is 0.258 e. The summed E-state index contributed by atoms with van der Waals surface area (Å²) in [4.78, 5) is 4.32. The molecule has 3 aromatic rings. The fourth-order valence-electron chi connectivity index (χ4n) is 3.08. The molecule has 0 N–H and O–H groups in total. The van der Waals surface area contributed by atoms with E-state index in [1.807, 2.05) is 30.3 Å². The number of benzene rings is 1. The fourth-order valence-corrected chi connectivity index (χ4v) is 4.30. The Labute approximate surface area is 146 Å². The molecule has 1 aliphatic carbocycles. The topological polar surface area (TPSA) is 76.3 Å². The van der Waals surface area contributed by atoms with Crippen LogP contribution < -0.4 is 0 Å². The molecule has 0 atom stereocenters. The van der Waals surface area contributed by atoms with Crippen molar-refractivity contribution >= 4 is 21.1 Å². The van der Waals surface area contributed by atoms with Gasteiger partial charge >= 0.3 is 0 Å². The molecule has 0 bridgehead atoms. The molecule has 1 aromatic carbocycles. The second-order valence-electron chi connectivity index (χ2n) is 6.50. The van der Waals surface area contributed by atoms with E-state index in [2.05, 4.69) is 10.1 Å². The summed E-state index contributed by atoms with van der Waals surface area (Å²) in [6, 6.07) is 11.1. The van der Waals surface area contributed by atoms with Crippen LogP contribution in [0.3, 0.4) is 0 Å². The molecule has 2 heterocycles. The molecule has 130 valence electrons. The van der Waals surface area contributed by atoms with Crippen LogP contribution in [0.2, 0.25) is 0 Å². The van der Waals surface area contributed by atoms with E-state index in [4.69, 9.17) is 4.52 Å². The molecule has 0 saturated heterocycles. The van der Waals surface area contributed by atoms with Gasteiger partial charge in [-0.2, -0.15) is 0 Å². The number of aromatic nitrogens is 2. The van der Waals surface area contributed by atoms with E-state index in [0.717, 1.165) is 18.4 Å². The summed E-state index contributed by atoms with van der Waals surface area (Å²) < 4.78 is 32.4. The largest absolute Gasteiger partial charge is 0.335 e. The van der Waals surface area contributed by atoms with E-state index >= 15 is 0 Å². The number of nitrogens with zero attached hydrogens (tertiary/aromatic N) is 3. The third-order valence-electron chi connectivity index (χ3n) is 4.80. The van der Waals surface area contributed by atoms with Crippen LogP contribution in [0, 0.1) is 5.92 Å². The van der Waals surface area contributed by atoms with E-state index in [1.54, 1.807) is 13.1 Å². The molecule has 6 nitrogen and oxygen atoms in total. The highest BCUT2D eigenvalue weighted by molar-refractivity contribution is 7.89. The van der Waals surface area contributed by atoms with Gasteiger partial charge in [0.05, 0.1) is 11.6 Å². The Morgan fingerprint density at radius 2 is 2.00 bits per heavy atom. The minimum atomic E-state index is -3.58. The van der Waals surface area contributed by atoms with Gasteiger partial charge < -0.3 is 4.52 Å². The summed E-state index contributed by atoms with van der Waals surface area (Å²) in [6.07, 6.45) is 4.73. The fraction of sp³-hybridized carbons (Fsp3) is 0.333. The molecule has 25 heavy (non-hydrogen) atoms. The second-order valence-corrected chi connectivity index (χ2v) is 8.55. The second kappa shape index (κ2) is 6.24. The molecule has 1 saturated carbocycles. The Bertz CT molecular complexity index is 995. The van der Waals surface area contributed by atoms with Crippen molar-refractivity contribution in [1.82, 2.24) is 14.4 Å². The lowest BCUT2D eigenvalue weighted by atomic mass is 9.86. The lowest BCUT2D eigenvalue weighted by Gasteiger charge is -2.29. The van der Waals surface area contributed by atoms with Crippen molar-refractivity contribution in [2.75, 3.05) is 13.6 Å². The smallest absolute Gasteiger partial charge is 0.258 e. The molecule has 7 heteroatoms. The van der Waals surface area contributed by atoms with E-state index in [1.165, 1.54) is 16.9 Å². The van der Waals surface area contributed by atoms with E-state index < -0.39 is 10.0 Å². The van der Waals surface area contributed by atoms with E-state index in [-0.39, 0.29) is 4.90 Å². The highest BCUT2D eigenvalue weighted by atomic mass is 32.2. The van der Waals surface area contributed by atoms with Gasteiger partial charge in [-0.15, -0.1) is 0 Å². The SMILES string of the molecule is CN(CC1CCC1)S(=O)(=O)c1cnc2onc(-c3ccccc3)c2c1. The van der Waals surface area contributed by atoms with Crippen molar-refractivity contribution < 1.29 is 12.9 Å². The minimum absolute atomic E-state index is 0.169. The molecule has 0 amide bonds. The number of sulfonamides is 1. The molecule has 1 fully saturated rings. The van der Waals surface area contributed by atoms with Crippen LogP contribution in [-0.4, -0.2) is 36.5 Å². The molecular weight excluding hydrogens is 338 g/mol. The number of hydrogen-bond donors (Lipinski definition) is 0. The molecule has 1 aliphatic rings. The van der Waals surface area contributed by atoms with Crippen molar-refractivity contribution in [3.8, 4) is 11.3 Å². The quantitative estimate of drug-likeness (QED) is 0.700. The average molecular weight is 357 g/mol. The molecule has 0 radical (unpaired) electrons. The lowest BCUT2D eigenvalue weighted by Crippen LogP contribution is -2.34. The van der Waals surface area contributed by atoms with Gasteiger partial charge in [0, 0.05) is 19.2 Å². The Balaban J connectivity index is 1.73. The molecule has 0 spiro atoms. The predicted octanol–water partition coefficient (Wildman–Crippen LogP) is 3.31. The number of rotatable bonds is 5. The third-order valence-corrected chi connectivity index (χ3v) is 6.59. The van der Waals surface area contributed by atoms with Gasteiger partial charge in [-0.05, 0) is 24.8 Å². The lowest BCUT2D eigenvalue weighted by molar-refractivity contribution is 0.263. The Morgan fingerprint density at radius 1 is 1.24 bits per heavy atom. The summed E-state index contributed by atoms with van der Waals surface area (Å²) in [7, 11) is -1.95. The van der Waals surface area contributed by atoms with E-state index in [9.17, 15) is 8.42 Å². The zero-order valence-corrected chi connectivity index (χ0v) is 14.7. The van der Waals surface area contributed by atoms with Crippen molar-refractivity contribution in [2.45, 2.75) is 24.2 Å². The maximum atomic E-state index is 12.9. The van der Waals surface area contributed by atoms with Crippen LogP contribution in [0.15, 0.2) is 52.0 Å². The van der Waals surface area contributed by atoms with Gasteiger partial charge in [0.2, 0.25) is 10.0 Å². The maximum absolute atomic E-state index is 12.9. The van der Waals surface area contributed by atoms with Crippen LogP contribution in [-0.2, 0) is 10.0 Å². The van der Waals surface area contributed by atoms with Crippen LogP contribution in [0.1, 0.15) is 19.3 Å². The Morgan fingerprint density at radius 3 is 2.68 bits per heavy atom. The van der Waals surface area contributed by atoms with Gasteiger partial charge in [0.1, 0.15) is 10.6 Å². The zero-order chi connectivity index (χ0) is 17.4. The first-order chi connectivity index (χ1) is 12.1. The number of fused-ring (bicyclic) bond motifs is 1. The summed E-state index contributed by atoms with van der Waals surface area (Å²) in [5.41, 5.74) is 1.79. The highest BCUT2D eigenvalue weighted by Gasteiger charge is 2.28. The molecule has 0 aliphatic heterocycles. The average Bonchev–Trinajstić information content (AvgIpc) is 3.01. The number of hydrogen-bond acceptors (Lipinski definition) is 5. The van der Waals surface area contributed by atoms with Crippen molar-refractivity contribution in [3.63, 3.8) is 0 Å². The molecule has 2 aromatic heterocycles. The first-order valence-corrected chi connectivity index (χ1v) is 9.77. The van der Waals surface area contributed by atoms with E-state index in [0.29, 0.717) is 29.3 Å². The van der Waals surface area contributed by atoms with Crippen LogP contribution >= 0.6 is 0 Å². The third kappa shape index (κ3) is 2.94. The first kappa shape index (κ1) is 16.2. The molecule has 4 rings (SSSR count). The molecule has 0 unspecified atom stereocenters. The molecular formula is C18H19N3O3S. The van der Waals surface area contributed by atoms with Crippen molar-refractivity contribution in [1.29, 1.82) is 0 Å². The van der Waals surface area contributed by atoms with Crippen molar-refractivity contribution in [3.05, 3.63) is 42.6 Å². The Kier molecular flexibility index (Phi) is 4.05. The van der Waals surface area contributed by atoms with Crippen molar-refractivity contribution in [2.24, 2.45) is 5.92 Å². The van der Waals surface area contributed by atoms with Gasteiger partial charge in [0.15, 0.2) is 0 Å². The van der Waals surface area contributed by atoms with Gasteiger partial charge in [0.25, 0.3) is 5.71 Å². The van der Waals surface area contributed by atoms with Crippen LogP contribution in [0.25, 0.3) is 22.4 Å². The van der Waals surface area contributed by atoms with Gasteiger partial charge in [-0.25, -0.2) is 17.7 Å². The minimum Gasteiger partial charge on any atom is -0.335 e. The normalized spacial score (nSPS) is 15.6. The predicted molar refractivity (Wildman–Crippen MR) is 94.4 cm³/mol. The summed E-state index contributed by atoms with van der Waals surface area (Å²) in [5, 5.41) is 4.66.